The Hall–Kier alpha value is -1.50. The highest BCUT2D eigenvalue weighted by atomic mass is 35.5. The molecular weight excluding hydrogens is 411 g/mol. The van der Waals surface area contributed by atoms with Gasteiger partial charge in [-0.25, -0.2) is 0 Å². The predicted octanol–water partition coefficient (Wildman–Crippen LogP) is 3.63. The number of rotatable bonds is 6. The molecule has 0 spiro atoms. The highest BCUT2D eigenvalue weighted by molar-refractivity contribution is 5.92. The third-order valence-electron chi connectivity index (χ3n) is 5.67. The summed E-state index contributed by atoms with van der Waals surface area (Å²) in [6.07, 6.45) is 7.24. The zero-order valence-corrected chi connectivity index (χ0v) is 18.7. The zero-order valence-electron chi connectivity index (χ0n) is 17.1. The molecule has 8 heteroatoms. The summed E-state index contributed by atoms with van der Waals surface area (Å²) in [7, 11) is 0. The number of halogens is 2. The molecule has 1 saturated carbocycles. The first-order valence-corrected chi connectivity index (χ1v) is 10.2. The quantitative estimate of drug-likeness (QED) is 0.624. The molecule has 1 unspecified atom stereocenters. The molecule has 2 fully saturated rings. The van der Waals surface area contributed by atoms with Gasteiger partial charge in [0.05, 0.1) is 5.54 Å². The topological polar surface area (TPSA) is 87.5 Å². The maximum absolute atomic E-state index is 12.5. The average Bonchev–Trinajstić information content (AvgIpc) is 3.17. The van der Waals surface area contributed by atoms with E-state index in [0.29, 0.717) is 0 Å². The lowest BCUT2D eigenvalue weighted by Crippen LogP contribution is -2.56. The summed E-state index contributed by atoms with van der Waals surface area (Å²) in [5.41, 5.74) is 7.44. The van der Waals surface area contributed by atoms with E-state index in [-0.39, 0.29) is 49.1 Å². The molecule has 1 atom stereocenters. The van der Waals surface area contributed by atoms with Crippen molar-refractivity contribution in [3.63, 3.8) is 0 Å². The van der Waals surface area contributed by atoms with E-state index in [2.05, 4.69) is 21.6 Å². The molecule has 1 aromatic carbocycles. The molecule has 29 heavy (non-hydrogen) atoms. The summed E-state index contributed by atoms with van der Waals surface area (Å²) < 4.78 is 0. The first-order valence-electron chi connectivity index (χ1n) is 10.2. The van der Waals surface area contributed by atoms with E-state index in [1.807, 2.05) is 25.1 Å². The van der Waals surface area contributed by atoms with Crippen LogP contribution in [0.5, 0.6) is 0 Å². The minimum atomic E-state index is -0.771. The van der Waals surface area contributed by atoms with E-state index >= 15 is 0 Å². The Morgan fingerprint density at radius 1 is 1.10 bits per heavy atom. The van der Waals surface area contributed by atoms with E-state index in [1.54, 1.807) is 0 Å². The lowest BCUT2D eigenvalue weighted by molar-refractivity contribution is -0.128. The van der Waals surface area contributed by atoms with Crippen LogP contribution in [0.15, 0.2) is 24.3 Å². The van der Waals surface area contributed by atoms with E-state index < -0.39 is 5.54 Å². The van der Waals surface area contributed by atoms with E-state index in [9.17, 15) is 9.59 Å². The van der Waals surface area contributed by atoms with E-state index in [4.69, 9.17) is 5.73 Å². The molecule has 0 radical (unpaired) electrons. The second-order valence-corrected chi connectivity index (χ2v) is 8.09. The number of benzene rings is 1. The fraction of sp³-hybridized carbons (Fsp3) is 0.619. The maximum atomic E-state index is 12.5. The Bertz CT molecular complexity index is 674. The monoisotopic (exact) mass is 444 g/mol. The lowest BCUT2D eigenvalue weighted by Gasteiger charge is -2.33. The van der Waals surface area contributed by atoms with Gasteiger partial charge in [-0.3, -0.25) is 9.59 Å². The molecule has 0 bridgehead atoms. The van der Waals surface area contributed by atoms with Crippen molar-refractivity contribution in [2.45, 2.75) is 69.9 Å². The van der Waals surface area contributed by atoms with Gasteiger partial charge in [0.1, 0.15) is 0 Å². The minimum absolute atomic E-state index is 0. The van der Waals surface area contributed by atoms with Crippen LogP contribution in [-0.4, -0.2) is 36.5 Å². The van der Waals surface area contributed by atoms with Gasteiger partial charge >= 0.3 is 0 Å². The van der Waals surface area contributed by atoms with E-state index in [1.165, 1.54) is 12.8 Å². The van der Waals surface area contributed by atoms with Crippen molar-refractivity contribution >= 4 is 48.0 Å². The standard InChI is InChI=1S/C21H32N4O2.2ClH/c1-16(23-20(27)21(22)10-3-2-4-11-21)14-19(26)24-17-8-7-9-18(15-17)25-12-5-6-13-25;;/h7-9,15-16H,2-6,10-14,22H2,1H3,(H,23,27)(H,24,26);2*1H. The summed E-state index contributed by atoms with van der Waals surface area (Å²) in [5, 5.41) is 5.88. The Morgan fingerprint density at radius 2 is 1.76 bits per heavy atom. The van der Waals surface area contributed by atoms with Crippen LogP contribution in [0.4, 0.5) is 11.4 Å². The summed E-state index contributed by atoms with van der Waals surface area (Å²) in [6, 6.07) is 7.72. The third-order valence-corrected chi connectivity index (χ3v) is 5.67. The van der Waals surface area contributed by atoms with Crippen LogP contribution in [0.25, 0.3) is 0 Å². The number of nitrogens with zero attached hydrogens (tertiary/aromatic N) is 1. The summed E-state index contributed by atoms with van der Waals surface area (Å²) >= 11 is 0. The van der Waals surface area contributed by atoms with Gasteiger partial charge in [-0.15, -0.1) is 24.8 Å². The number of hydrogen-bond donors (Lipinski definition) is 3. The highest BCUT2D eigenvalue weighted by Crippen LogP contribution is 2.26. The Labute approximate surface area is 186 Å². The van der Waals surface area contributed by atoms with Crippen molar-refractivity contribution in [2.75, 3.05) is 23.3 Å². The minimum Gasteiger partial charge on any atom is -0.371 e. The molecule has 3 rings (SSSR count). The van der Waals surface area contributed by atoms with Crippen LogP contribution in [0, 0.1) is 0 Å². The second kappa shape index (κ2) is 11.6. The Morgan fingerprint density at radius 3 is 2.41 bits per heavy atom. The fourth-order valence-corrected chi connectivity index (χ4v) is 4.07. The summed E-state index contributed by atoms with van der Waals surface area (Å²) in [4.78, 5) is 27.2. The molecule has 2 aliphatic rings. The Kier molecular flexibility index (Phi) is 10.2. The largest absolute Gasteiger partial charge is 0.371 e. The van der Waals surface area contributed by atoms with Crippen LogP contribution >= 0.6 is 24.8 Å². The molecule has 1 aliphatic heterocycles. The summed E-state index contributed by atoms with van der Waals surface area (Å²) in [5.74, 6) is -0.227. The van der Waals surface area contributed by atoms with Gasteiger partial charge < -0.3 is 21.3 Å². The first kappa shape index (κ1) is 25.5. The molecule has 4 N–H and O–H groups in total. The third kappa shape index (κ3) is 7.05. The molecule has 1 aromatic rings. The summed E-state index contributed by atoms with van der Waals surface area (Å²) in [6.45, 7) is 3.99. The molecule has 0 aromatic heterocycles. The molecule has 6 nitrogen and oxygen atoms in total. The van der Waals surface area contributed by atoms with Crippen molar-refractivity contribution in [2.24, 2.45) is 5.73 Å². The first-order chi connectivity index (χ1) is 13.0. The molecule has 1 saturated heterocycles. The normalized spacial score (nSPS) is 18.8. The van der Waals surface area contributed by atoms with Crippen LogP contribution in [0.2, 0.25) is 0 Å². The van der Waals surface area contributed by atoms with Gasteiger partial charge in [0.2, 0.25) is 11.8 Å². The molecule has 164 valence electrons. The molecular formula is C21H34Cl2N4O2. The average molecular weight is 445 g/mol. The van der Waals surface area contributed by atoms with Crippen molar-refractivity contribution in [1.82, 2.24) is 5.32 Å². The molecule has 2 amide bonds. The van der Waals surface area contributed by atoms with Gasteiger partial charge in [-0.1, -0.05) is 25.3 Å². The van der Waals surface area contributed by atoms with E-state index in [0.717, 1.165) is 56.6 Å². The molecule has 1 aliphatic carbocycles. The molecule has 1 heterocycles. The number of carbonyl (C=O) groups is 2. The second-order valence-electron chi connectivity index (χ2n) is 8.09. The van der Waals surface area contributed by atoms with Gasteiger partial charge in [-0.05, 0) is 50.8 Å². The van der Waals surface area contributed by atoms with Crippen LogP contribution < -0.4 is 21.3 Å². The SMILES string of the molecule is CC(CC(=O)Nc1cccc(N2CCCC2)c1)NC(=O)C1(N)CCCCC1.Cl.Cl. The maximum Gasteiger partial charge on any atom is 0.240 e. The van der Waals surface area contributed by atoms with Gasteiger partial charge in [0.25, 0.3) is 0 Å². The number of nitrogens with two attached hydrogens (primary N) is 1. The van der Waals surface area contributed by atoms with Gasteiger partial charge in [0, 0.05) is 36.9 Å². The van der Waals surface area contributed by atoms with Crippen molar-refractivity contribution in [3.05, 3.63) is 24.3 Å². The predicted molar refractivity (Wildman–Crippen MR) is 123 cm³/mol. The number of carbonyl (C=O) groups excluding carboxylic acids is 2. The highest BCUT2D eigenvalue weighted by Gasteiger charge is 2.35. The Balaban J connectivity index is 0.00000210. The number of anilines is 2. The number of nitrogens with one attached hydrogen (secondary N) is 2. The lowest BCUT2D eigenvalue weighted by atomic mass is 9.81. The van der Waals surface area contributed by atoms with Crippen LogP contribution in [0.3, 0.4) is 0 Å². The number of amides is 2. The van der Waals surface area contributed by atoms with Crippen molar-refractivity contribution in [3.8, 4) is 0 Å². The smallest absolute Gasteiger partial charge is 0.240 e. The number of hydrogen-bond acceptors (Lipinski definition) is 4. The zero-order chi connectivity index (χ0) is 19.3. The van der Waals surface area contributed by atoms with Crippen molar-refractivity contribution in [1.29, 1.82) is 0 Å². The van der Waals surface area contributed by atoms with Crippen LogP contribution in [0.1, 0.15) is 58.3 Å². The fourth-order valence-electron chi connectivity index (χ4n) is 4.07. The van der Waals surface area contributed by atoms with Crippen molar-refractivity contribution < 1.29 is 9.59 Å². The van der Waals surface area contributed by atoms with Crippen LogP contribution in [-0.2, 0) is 9.59 Å². The van der Waals surface area contributed by atoms with Gasteiger partial charge in [0.15, 0.2) is 0 Å². The van der Waals surface area contributed by atoms with Gasteiger partial charge in [-0.2, -0.15) is 0 Å².